The number of hydrogen-bond acceptors (Lipinski definition) is 2. The molecule has 1 aromatic rings. The van der Waals surface area contributed by atoms with Gasteiger partial charge < -0.3 is 9.64 Å². The van der Waals surface area contributed by atoms with Crippen molar-refractivity contribution in [2.45, 2.75) is 31.8 Å². The molecular weight excluding hydrogens is 309 g/mol. The Kier molecular flexibility index (Phi) is 5.64. The van der Waals surface area contributed by atoms with E-state index in [0.29, 0.717) is 0 Å². The summed E-state index contributed by atoms with van der Waals surface area (Å²) in [5, 5.41) is 1.09. The molecular formula is C15H21BrFNO. The second kappa shape index (κ2) is 7.25. The molecule has 0 saturated carbocycles. The maximum Gasteiger partial charge on any atom is 0.123 e. The van der Waals surface area contributed by atoms with Gasteiger partial charge in [-0.1, -0.05) is 22.4 Å². The van der Waals surface area contributed by atoms with Crippen LogP contribution < -0.4 is 4.74 Å². The summed E-state index contributed by atoms with van der Waals surface area (Å²) in [7, 11) is 2.13. The lowest BCUT2D eigenvalue weighted by Crippen LogP contribution is -2.32. The third-order valence-corrected chi connectivity index (χ3v) is 4.01. The number of hydrogen-bond donors (Lipinski definition) is 0. The largest absolute Gasteiger partial charge is 0.488 e. The van der Waals surface area contributed by atoms with E-state index in [0.717, 1.165) is 36.2 Å². The molecule has 1 aliphatic rings. The van der Waals surface area contributed by atoms with Crippen LogP contribution in [0.15, 0.2) is 18.2 Å². The van der Waals surface area contributed by atoms with Crippen molar-refractivity contribution < 1.29 is 9.13 Å². The van der Waals surface area contributed by atoms with Gasteiger partial charge in [0.15, 0.2) is 0 Å². The lowest BCUT2D eigenvalue weighted by atomic mass is 10.1. The molecule has 0 bridgehead atoms. The van der Waals surface area contributed by atoms with Crippen LogP contribution in [0.25, 0.3) is 0 Å². The zero-order valence-corrected chi connectivity index (χ0v) is 13.0. The van der Waals surface area contributed by atoms with Crippen molar-refractivity contribution in [2.75, 3.05) is 25.5 Å². The second-order valence-electron chi connectivity index (χ2n) is 5.21. The van der Waals surface area contributed by atoms with Crippen LogP contribution in [0.1, 0.15) is 24.8 Å². The minimum Gasteiger partial charge on any atom is -0.488 e. The number of alkyl halides is 1. The molecule has 0 N–H and O–H groups in total. The van der Waals surface area contributed by atoms with E-state index in [1.807, 2.05) is 0 Å². The van der Waals surface area contributed by atoms with Crippen LogP contribution in [0.4, 0.5) is 4.39 Å². The fourth-order valence-electron chi connectivity index (χ4n) is 2.48. The maximum atomic E-state index is 13.1. The maximum absolute atomic E-state index is 13.1. The zero-order valence-electron chi connectivity index (χ0n) is 11.4. The summed E-state index contributed by atoms with van der Waals surface area (Å²) in [5.74, 6) is 0.671. The van der Waals surface area contributed by atoms with Gasteiger partial charge in [-0.2, -0.15) is 0 Å². The zero-order chi connectivity index (χ0) is 13.7. The smallest absolute Gasteiger partial charge is 0.123 e. The number of fused-ring (bicyclic) bond motifs is 1. The molecule has 0 spiro atoms. The summed E-state index contributed by atoms with van der Waals surface area (Å²) < 4.78 is 19.0. The predicted molar refractivity (Wildman–Crippen MR) is 79.7 cm³/mol. The van der Waals surface area contributed by atoms with E-state index in [9.17, 15) is 4.39 Å². The molecule has 2 rings (SSSR count). The molecule has 0 radical (unpaired) electrons. The number of nitrogens with zero attached hydrogens (tertiary/aromatic N) is 1. The Morgan fingerprint density at radius 3 is 3.00 bits per heavy atom. The van der Waals surface area contributed by atoms with Gasteiger partial charge in [0.2, 0.25) is 0 Å². The number of benzene rings is 1. The van der Waals surface area contributed by atoms with Crippen LogP contribution in [0, 0.1) is 5.82 Å². The van der Waals surface area contributed by atoms with Crippen LogP contribution in [-0.2, 0) is 6.42 Å². The summed E-state index contributed by atoms with van der Waals surface area (Å²) in [4.78, 5) is 2.31. The van der Waals surface area contributed by atoms with E-state index >= 15 is 0 Å². The Bertz CT molecular complexity index is 413. The predicted octanol–water partition coefficient (Wildman–Crippen LogP) is 3.63. The average molecular weight is 330 g/mol. The molecule has 4 heteroatoms. The molecule has 1 heterocycles. The minimum absolute atomic E-state index is 0.165. The molecule has 1 unspecified atom stereocenters. The number of halogens is 2. The first-order valence-electron chi connectivity index (χ1n) is 6.88. The fourth-order valence-corrected chi connectivity index (χ4v) is 2.88. The van der Waals surface area contributed by atoms with Gasteiger partial charge in [0.1, 0.15) is 17.7 Å². The van der Waals surface area contributed by atoms with Crippen molar-refractivity contribution in [3.8, 4) is 5.75 Å². The van der Waals surface area contributed by atoms with Gasteiger partial charge in [0.25, 0.3) is 0 Å². The first-order valence-corrected chi connectivity index (χ1v) is 8.01. The Morgan fingerprint density at radius 1 is 1.37 bits per heavy atom. The molecule has 106 valence electrons. The Hall–Kier alpha value is -0.610. The molecule has 1 aromatic carbocycles. The third kappa shape index (κ3) is 4.46. The van der Waals surface area contributed by atoms with E-state index in [-0.39, 0.29) is 11.9 Å². The summed E-state index contributed by atoms with van der Waals surface area (Å²) in [6.45, 7) is 2.00. The summed E-state index contributed by atoms with van der Waals surface area (Å²) in [6, 6.07) is 4.79. The monoisotopic (exact) mass is 329 g/mol. The highest BCUT2D eigenvalue weighted by molar-refractivity contribution is 9.09. The lowest BCUT2D eigenvalue weighted by Gasteiger charge is -2.20. The second-order valence-corrected chi connectivity index (χ2v) is 6.00. The molecule has 0 aliphatic carbocycles. The number of ether oxygens (including phenoxy) is 1. The quantitative estimate of drug-likeness (QED) is 0.559. The van der Waals surface area contributed by atoms with E-state index < -0.39 is 0 Å². The summed E-state index contributed by atoms with van der Waals surface area (Å²) >= 11 is 3.45. The highest BCUT2D eigenvalue weighted by atomic mass is 79.9. The van der Waals surface area contributed by atoms with Gasteiger partial charge in [0.05, 0.1) is 0 Å². The normalized spacial score (nSPS) is 17.6. The SMILES string of the molecule is CN(CCCCCBr)CC1Cc2cc(F)ccc2O1. The van der Waals surface area contributed by atoms with Crippen LogP contribution in [0.5, 0.6) is 5.75 Å². The van der Waals surface area contributed by atoms with E-state index in [2.05, 4.69) is 27.9 Å². The highest BCUT2D eigenvalue weighted by Crippen LogP contribution is 2.29. The van der Waals surface area contributed by atoms with Crippen LogP contribution in [0.3, 0.4) is 0 Å². The number of unbranched alkanes of at least 4 members (excludes halogenated alkanes) is 2. The minimum atomic E-state index is -0.175. The molecule has 1 atom stereocenters. The van der Waals surface area contributed by atoms with Gasteiger partial charge in [-0.05, 0) is 44.6 Å². The molecule has 0 saturated heterocycles. The molecule has 0 amide bonds. The van der Waals surface area contributed by atoms with Gasteiger partial charge >= 0.3 is 0 Å². The molecule has 1 aliphatic heterocycles. The van der Waals surface area contributed by atoms with Gasteiger partial charge in [0, 0.05) is 23.9 Å². The van der Waals surface area contributed by atoms with Gasteiger partial charge in [-0.3, -0.25) is 0 Å². The lowest BCUT2D eigenvalue weighted by molar-refractivity contribution is 0.167. The Morgan fingerprint density at radius 2 is 2.21 bits per heavy atom. The molecule has 19 heavy (non-hydrogen) atoms. The molecule has 2 nitrogen and oxygen atoms in total. The van der Waals surface area contributed by atoms with E-state index in [1.165, 1.54) is 25.3 Å². The highest BCUT2D eigenvalue weighted by Gasteiger charge is 2.24. The fraction of sp³-hybridized carbons (Fsp3) is 0.600. The number of rotatable bonds is 7. The topological polar surface area (TPSA) is 12.5 Å². The van der Waals surface area contributed by atoms with Crippen LogP contribution in [-0.4, -0.2) is 36.5 Å². The van der Waals surface area contributed by atoms with Crippen molar-refractivity contribution >= 4 is 15.9 Å². The summed E-state index contributed by atoms with van der Waals surface area (Å²) in [5.41, 5.74) is 0.998. The summed E-state index contributed by atoms with van der Waals surface area (Å²) in [6.07, 6.45) is 4.69. The van der Waals surface area contributed by atoms with Crippen LogP contribution in [0.2, 0.25) is 0 Å². The standard InChI is InChI=1S/C15H21BrFNO/c1-18(8-4-2-3-7-16)11-14-10-12-9-13(17)5-6-15(12)19-14/h5-6,9,14H,2-4,7-8,10-11H2,1H3. The van der Waals surface area contributed by atoms with Gasteiger partial charge in [-0.25, -0.2) is 4.39 Å². The van der Waals surface area contributed by atoms with Crippen molar-refractivity contribution in [2.24, 2.45) is 0 Å². The van der Waals surface area contributed by atoms with Crippen molar-refractivity contribution in [1.29, 1.82) is 0 Å². The van der Waals surface area contributed by atoms with E-state index in [1.54, 1.807) is 12.1 Å². The van der Waals surface area contributed by atoms with Crippen molar-refractivity contribution in [3.63, 3.8) is 0 Å². The number of likely N-dealkylation sites (N-methyl/N-ethyl adjacent to an activating group) is 1. The Labute approximate surface area is 123 Å². The molecule has 0 aromatic heterocycles. The first kappa shape index (κ1) is 14.8. The third-order valence-electron chi connectivity index (χ3n) is 3.45. The first-order chi connectivity index (χ1) is 9.19. The van der Waals surface area contributed by atoms with Crippen molar-refractivity contribution in [3.05, 3.63) is 29.6 Å². The Balaban J connectivity index is 1.74. The van der Waals surface area contributed by atoms with E-state index in [4.69, 9.17) is 4.74 Å². The van der Waals surface area contributed by atoms with Crippen molar-refractivity contribution in [1.82, 2.24) is 4.90 Å². The van der Waals surface area contributed by atoms with Crippen LogP contribution >= 0.6 is 15.9 Å². The average Bonchev–Trinajstić information content (AvgIpc) is 2.76. The molecule has 0 fully saturated rings. The van der Waals surface area contributed by atoms with Gasteiger partial charge in [-0.15, -0.1) is 0 Å².